The van der Waals surface area contributed by atoms with Crippen molar-refractivity contribution in [2.24, 2.45) is 0 Å². The molecule has 38 heavy (non-hydrogen) atoms. The van der Waals surface area contributed by atoms with Crippen LogP contribution in [0.2, 0.25) is 5.02 Å². The number of fused-ring (bicyclic) bond motifs is 1. The van der Waals surface area contributed by atoms with Gasteiger partial charge in [0.05, 0.1) is 26.4 Å². The van der Waals surface area contributed by atoms with Crippen LogP contribution in [0.5, 0.6) is 5.75 Å². The molecule has 2 aromatic rings. The molecule has 2 saturated heterocycles. The zero-order valence-electron chi connectivity index (χ0n) is 23.0. The predicted octanol–water partition coefficient (Wildman–Crippen LogP) is 6.56. The third-order valence-corrected chi connectivity index (χ3v) is 7.47. The lowest BCUT2D eigenvalue weighted by Crippen LogP contribution is -2.58. The van der Waals surface area contributed by atoms with Gasteiger partial charge in [-0.1, -0.05) is 62.6 Å². The Morgan fingerprint density at radius 3 is 2.34 bits per heavy atom. The summed E-state index contributed by atoms with van der Waals surface area (Å²) < 4.78 is 37.4. The minimum atomic E-state index is -0.318. The summed E-state index contributed by atoms with van der Waals surface area (Å²) >= 11 is 6.69. The summed E-state index contributed by atoms with van der Waals surface area (Å²) in [6.45, 7) is 9.84. The van der Waals surface area contributed by atoms with Crippen molar-refractivity contribution in [3.05, 3.63) is 64.2 Å². The van der Waals surface area contributed by atoms with Crippen molar-refractivity contribution in [2.75, 3.05) is 39.6 Å². The van der Waals surface area contributed by atoms with Crippen molar-refractivity contribution >= 4 is 11.6 Å². The normalized spacial score (nSPS) is 25.5. The molecule has 2 aliphatic rings. The molecular formula is C31H43ClO6. The second-order valence-electron chi connectivity index (χ2n) is 9.99. The topological polar surface area (TPSA) is 55.4 Å². The number of halogens is 1. The highest BCUT2D eigenvalue weighted by atomic mass is 35.5. The summed E-state index contributed by atoms with van der Waals surface area (Å²) in [6.07, 6.45) is 3.49. The third-order valence-electron chi connectivity index (χ3n) is 7.10. The molecule has 0 aliphatic carbocycles. The molecule has 5 atom stereocenters. The summed E-state index contributed by atoms with van der Waals surface area (Å²) in [4.78, 5) is 0. The molecular weight excluding hydrogens is 504 g/mol. The fourth-order valence-corrected chi connectivity index (χ4v) is 5.24. The van der Waals surface area contributed by atoms with E-state index in [0.29, 0.717) is 46.1 Å². The van der Waals surface area contributed by atoms with Crippen LogP contribution in [0.25, 0.3) is 0 Å². The van der Waals surface area contributed by atoms with Crippen LogP contribution in [-0.2, 0) is 30.1 Å². The van der Waals surface area contributed by atoms with Gasteiger partial charge >= 0.3 is 0 Å². The maximum atomic E-state index is 6.71. The number of hydrogen-bond acceptors (Lipinski definition) is 6. The van der Waals surface area contributed by atoms with Crippen LogP contribution in [0.3, 0.4) is 0 Å². The van der Waals surface area contributed by atoms with Crippen LogP contribution >= 0.6 is 11.6 Å². The largest absolute Gasteiger partial charge is 0.494 e. The van der Waals surface area contributed by atoms with Gasteiger partial charge in [0.15, 0.2) is 0 Å². The van der Waals surface area contributed by atoms with E-state index >= 15 is 0 Å². The van der Waals surface area contributed by atoms with Crippen LogP contribution in [0.1, 0.15) is 69.2 Å². The highest BCUT2D eigenvalue weighted by molar-refractivity contribution is 6.31. The summed E-state index contributed by atoms with van der Waals surface area (Å²) in [5, 5.41) is 0.733. The molecule has 0 radical (unpaired) electrons. The van der Waals surface area contributed by atoms with Crippen LogP contribution in [0, 0.1) is 0 Å². The average Bonchev–Trinajstić information content (AvgIpc) is 3.17. The van der Waals surface area contributed by atoms with Gasteiger partial charge in [-0.05, 0) is 61.1 Å². The van der Waals surface area contributed by atoms with E-state index in [4.69, 9.17) is 40.0 Å². The van der Waals surface area contributed by atoms with E-state index in [2.05, 4.69) is 32.0 Å². The Morgan fingerprint density at radius 2 is 1.63 bits per heavy atom. The molecule has 2 aliphatic heterocycles. The third kappa shape index (κ3) is 7.71. The summed E-state index contributed by atoms with van der Waals surface area (Å²) in [6, 6.07) is 14.3. The van der Waals surface area contributed by atoms with Gasteiger partial charge in [-0.2, -0.15) is 0 Å². The Hall–Kier alpha value is -1.67. The van der Waals surface area contributed by atoms with Crippen molar-refractivity contribution in [1.82, 2.24) is 0 Å². The van der Waals surface area contributed by atoms with E-state index in [-0.39, 0.29) is 30.5 Å². The number of benzene rings is 2. The second kappa shape index (κ2) is 15.2. The van der Waals surface area contributed by atoms with Gasteiger partial charge in [-0.15, -0.1) is 0 Å². The fraction of sp³-hybridized carbons (Fsp3) is 0.613. The molecule has 0 bridgehead atoms. The van der Waals surface area contributed by atoms with Gasteiger partial charge in [-0.25, -0.2) is 0 Å². The molecule has 2 heterocycles. The molecule has 0 saturated carbocycles. The highest BCUT2D eigenvalue weighted by Crippen LogP contribution is 2.39. The molecule has 2 aromatic carbocycles. The lowest BCUT2D eigenvalue weighted by Gasteiger charge is -2.45. The molecule has 210 valence electrons. The first kappa shape index (κ1) is 29.3. The molecule has 4 rings (SSSR count). The molecule has 0 amide bonds. The van der Waals surface area contributed by atoms with E-state index in [1.54, 1.807) is 0 Å². The predicted molar refractivity (Wildman–Crippen MR) is 149 cm³/mol. The van der Waals surface area contributed by atoms with E-state index < -0.39 is 0 Å². The van der Waals surface area contributed by atoms with Crippen LogP contribution < -0.4 is 4.74 Å². The second-order valence-corrected chi connectivity index (χ2v) is 10.4. The average molecular weight is 547 g/mol. The van der Waals surface area contributed by atoms with E-state index in [1.165, 1.54) is 5.56 Å². The number of rotatable bonds is 13. The molecule has 0 unspecified atom stereocenters. The Labute approximate surface area is 232 Å². The maximum absolute atomic E-state index is 6.71. The zero-order chi connectivity index (χ0) is 26.7. The molecule has 2 fully saturated rings. The molecule has 0 N–H and O–H groups in total. The molecule has 0 spiro atoms. The molecule has 0 aromatic heterocycles. The summed E-state index contributed by atoms with van der Waals surface area (Å²) in [5.41, 5.74) is 3.24. The van der Waals surface area contributed by atoms with E-state index in [9.17, 15) is 0 Å². The van der Waals surface area contributed by atoms with Gasteiger partial charge in [0.1, 0.15) is 36.3 Å². The van der Waals surface area contributed by atoms with Crippen molar-refractivity contribution in [3.63, 3.8) is 0 Å². The van der Waals surface area contributed by atoms with Crippen LogP contribution in [0.15, 0.2) is 42.5 Å². The van der Waals surface area contributed by atoms with Gasteiger partial charge in [-0.3, -0.25) is 0 Å². The van der Waals surface area contributed by atoms with Crippen molar-refractivity contribution < 1.29 is 28.4 Å². The minimum Gasteiger partial charge on any atom is -0.494 e. The first-order valence-electron chi connectivity index (χ1n) is 14.2. The quantitative estimate of drug-likeness (QED) is 0.265. The number of ether oxygens (including phenoxy) is 6. The standard InChI is InChI=1S/C31H43ClO6/c1-4-7-15-35-30-28(38-27-21-33-17-18-37-29(27)31(30)36-16-8-5-2)23-11-14-26(32)24(20-23)19-22-9-12-25(13-10-22)34-6-3/h9-14,20,27-31H,4-8,15-19,21H2,1-3H3/t27-,28+,29-,30+,31+/m1/s1. The van der Waals surface area contributed by atoms with Crippen molar-refractivity contribution in [2.45, 2.75) is 83.4 Å². The Balaban J connectivity index is 1.62. The van der Waals surface area contributed by atoms with Gasteiger partial charge in [0.25, 0.3) is 0 Å². The Morgan fingerprint density at radius 1 is 0.895 bits per heavy atom. The first-order valence-corrected chi connectivity index (χ1v) is 14.6. The van der Waals surface area contributed by atoms with Crippen molar-refractivity contribution in [1.29, 1.82) is 0 Å². The fourth-order valence-electron chi connectivity index (χ4n) is 5.06. The first-order chi connectivity index (χ1) is 18.6. The van der Waals surface area contributed by atoms with Gasteiger partial charge in [0, 0.05) is 18.2 Å². The minimum absolute atomic E-state index is 0.229. The highest BCUT2D eigenvalue weighted by Gasteiger charge is 2.49. The zero-order valence-corrected chi connectivity index (χ0v) is 23.8. The SMILES string of the molecule is CCCCO[C@@H]1[C@@H](OCCCC)[C@H](c2ccc(Cl)c(Cc3ccc(OCC)cc3)c2)O[C@@H]2COCCO[C@@H]12. The van der Waals surface area contributed by atoms with E-state index in [1.807, 2.05) is 31.2 Å². The lowest BCUT2D eigenvalue weighted by molar-refractivity contribution is -0.258. The van der Waals surface area contributed by atoms with Gasteiger partial charge in [0.2, 0.25) is 0 Å². The monoisotopic (exact) mass is 546 g/mol. The smallest absolute Gasteiger partial charge is 0.119 e. The van der Waals surface area contributed by atoms with Crippen LogP contribution in [-0.4, -0.2) is 64.1 Å². The Bertz CT molecular complexity index is 967. The van der Waals surface area contributed by atoms with Gasteiger partial charge < -0.3 is 28.4 Å². The van der Waals surface area contributed by atoms with Crippen molar-refractivity contribution in [3.8, 4) is 5.75 Å². The molecule has 7 heteroatoms. The number of hydrogen-bond donors (Lipinski definition) is 0. The Kier molecular flexibility index (Phi) is 11.7. The summed E-state index contributed by atoms with van der Waals surface area (Å²) in [7, 11) is 0. The molecule has 6 nitrogen and oxygen atoms in total. The number of unbranched alkanes of at least 4 members (excludes halogenated alkanes) is 2. The van der Waals surface area contributed by atoms with Crippen LogP contribution in [0.4, 0.5) is 0 Å². The lowest BCUT2D eigenvalue weighted by atomic mass is 9.89. The maximum Gasteiger partial charge on any atom is 0.119 e. The summed E-state index contributed by atoms with van der Waals surface area (Å²) in [5.74, 6) is 0.871. The van der Waals surface area contributed by atoms with E-state index in [0.717, 1.165) is 47.6 Å².